The molecule has 39 heavy (non-hydrogen) atoms. The van der Waals surface area contributed by atoms with Crippen LogP contribution in [0.4, 0.5) is 0 Å². The molecule has 0 radical (unpaired) electrons. The Balaban J connectivity index is 2.03. The lowest BCUT2D eigenvalue weighted by Gasteiger charge is -2.08. The van der Waals surface area contributed by atoms with E-state index in [2.05, 4.69) is 49.2 Å². The van der Waals surface area contributed by atoms with Crippen molar-refractivity contribution in [2.24, 2.45) is 0 Å². The molecule has 0 atom stereocenters. The topological polar surface area (TPSA) is 8.81 Å². The standard InChI is InChI=1S/C37H73N2/c1-5-7-9-11-13-15-17-18-19-20-21-22-23-25-27-29-31-33-38-34-35-39(36(3)4)37(38)32-30-28-26-24-16-14-12-10-8-6-2/h34-36H,5-33H2,1-4H3/q+1. The van der Waals surface area contributed by atoms with Crippen LogP contribution in [-0.2, 0) is 13.0 Å². The van der Waals surface area contributed by atoms with Crippen LogP contribution in [0.15, 0.2) is 12.4 Å². The largest absolute Gasteiger partial charge is 0.256 e. The molecular weight excluding hydrogens is 472 g/mol. The monoisotopic (exact) mass is 546 g/mol. The van der Waals surface area contributed by atoms with Crippen LogP contribution in [0.5, 0.6) is 0 Å². The van der Waals surface area contributed by atoms with E-state index in [1.165, 1.54) is 186 Å². The van der Waals surface area contributed by atoms with Gasteiger partial charge in [-0.3, -0.25) is 0 Å². The first-order chi connectivity index (χ1) is 19.2. The quantitative estimate of drug-likeness (QED) is 0.0671. The minimum Gasteiger partial charge on any atom is -0.234 e. The highest BCUT2D eigenvalue weighted by Crippen LogP contribution is 2.16. The van der Waals surface area contributed by atoms with Gasteiger partial charge < -0.3 is 0 Å². The molecule has 0 saturated carbocycles. The van der Waals surface area contributed by atoms with Gasteiger partial charge >= 0.3 is 0 Å². The van der Waals surface area contributed by atoms with Gasteiger partial charge in [0, 0.05) is 6.42 Å². The summed E-state index contributed by atoms with van der Waals surface area (Å²) in [4.78, 5) is 0. The van der Waals surface area contributed by atoms with Crippen LogP contribution in [0.25, 0.3) is 0 Å². The lowest BCUT2D eigenvalue weighted by Crippen LogP contribution is -2.37. The second kappa shape index (κ2) is 27.4. The van der Waals surface area contributed by atoms with Gasteiger partial charge in [0.15, 0.2) is 0 Å². The molecule has 0 bridgehead atoms. The van der Waals surface area contributed by atoms with E-state index in [0.29, 0.717) is 6.04 Å². The fraction of sp³-hybridized carbons (Fsp3) is 0.919. The summed E-state index contributed by atoms with van der Waals surface area (Å²) < 4.78 is 5.11. The van der Waals surface area contributed by atoms with E-state index in [1.807, 2.05) is 0 Å². The second-order valence-electron chi connectivity index (χ2n) is 13.0. The van der Waals surface area contributed by atoms with E-state index >= 15 is 0 Å². The maximum atomic E-state index is 2.58. The lowest BCUT2D eigenvalue weighted by molar-refractivity contribution is -0.704. The van der Waals surface area contributed by atoms with E-state index in [1.54, 1.807) is 5.82 Å². The number of aryl methyl sites for hydroxylation is 1. The Morgan fingerprint density at radius 1 is 0.487 bits per heavy atom. The minimum absolute atomic E-state index is 0.569. The third kappa shape index (κ3) is 20.7. The molecule has 0 unspecified atom stereocenters. The predicted molar refractivity (Wildman–Crippen MR) is 175 cm³/mol. The first-order valence-corrected chi connectivity index (χ1v) is 18.3. The fourth-order valence-electron chi connectivity index (χ4n) is 6.20. The number of unbranched alkanes of at least 4 members (excludes halogenated alkanes) is 25. The van der Waals surface area contributed by atoms with Crippen LogP contribution in [-0.4, -0.2) is 4.57 Å². The van der Waals surface area contributed by atoms with Gasteiger partial charge in [-0.1, -0.05) is 168 Å². The van der Waals surface area contributed by atoms with Gasteiger partial charge in [-0.25, -0.2) is 9.13 Å². The number of nitrogens with zero attached hydrogens (tertiary/aromatic N) is 2. The van der Waals surface area contributed by atoms with Crippen molar-refractivity contribution >= 4 is 0 Å². The van der Waals surface area contributed by atoms with Gasteiger partial charge in [-0.2, -0.15) is 0 Å². The van der Waals surface area contributed by atoms with Gasteiger partial charge in [0.2, 0.25) is 0 Å². The van der Waals surface area contributed by atoms with Gasteiger partial charge in [0.05, 0.1) is 12.6 Å². The van der Waals surface area contributed by atoms with Crippen LogP contribution in [0.1, 0.15) is 213 Å². The third-order valence-electron chi connectivity index (χ3n) is 8.85. The summed E-state index contributed by atoms with van der Waals surface area (Å²) in [5, 5.41) is 0. The SMILES string of the molecule is CCCCCCCCCCCCCCCCCCC[n+]1ccn(C(C)C)c1CCCCCCCCCCCC. The molecule has 0 saturated heterocycles. The summed E-state index contributed by atoms with van der Waals surface area (Å²) in [6.07, 6.45) is 44.8. The third-order valence-corrected chi connectivity index (χ3v) is 8.85. The van der Waals surface area contributed by atoms with Gasteiger partial charge in [0.1, 0.15) is 12.4 Å². The van der Waals surface area contributed by atoms with Crippen molar-refractivity contribution in [1.29, 1.82) is 0 Å². The molecule has 0 aliphatic carbocycles. The van der Waals surface area contributed by atoms with E-state index in [4.69, 9.17) is 0 Å². The minimum atomic E-state index is 0.569. The summed E-state index contributed by atoms with van der Waals surface area (Å²) in [5.74, 6) is 1.57. The zero-order valence-corrected chi connectivity index (χ0v) is 27.6. The summed E-state index contributed by atoms with van der Waals surface area (Å²) in [6, 6.07) is 0.569. The normalized spacial score (nSPS) is 11.7. The number of aromatic nitrogens is 2. The summed E-state index contributed by atoms with van der Waals surface area (Å²) >= 11 is 0. The Labute approximate surface area is 247 Å². The van der Waals surface area contributed by atoms with Crippen molar-refractivity contribution < 1.29 is 4.57 Å². The average molecular weight is 546 g/mol. The molecule has 0 aliphatic heterocycles. The van der Waals surface area contributed by atoms with Crippen molar-refractivity contribution in [1.82, 2.24) is 4.57 Å². The lowest BCUT2D eigenvalue weighted by atomic mass is 10.0. The Kier molecular flexibility index (Phi) is 25.4. The summed E-state index contributed by atoms with van der Waals surface area (Å²) in [7, 11) is 0. The van der Waals surface area contributed by atoms with Crippen LogP contribution >= 0.6 is 0 Å². The fourth-order valence-corrected chi connectivity index (χ4v) is 6.20. The molecule has 1 aromatic rings. The molecule has 1 heterocycles. The smallest absolute Gasteiger partial charge is 0.234 e. The first kappa shape index (κ1) is 36.2. The van der Waals surface area contributed by atoms with Crippen LogP contribution in [0.3, 0.4) is 0 Å². The van der Waals surface area contributed by atoms with E-state index in [9.17, 15) is 0 Å². The Morgan fingerprint density at radius 3 is 1.18 bits per heavy atom. The summed E-state index contributed by atoms with van der Waals surface area (Å²) in [6.45, 7) is 10.5. The summed E-state index contributed by atoms with van der Waals surface area (Å²) in [5.41, 5.74) is 0. The number of hydrogen-bond donors (Lipinski definition) is 0. The average Bonchev–Trinajstić information content (AvgIpc) is 3.34. The van der Waals surface area contributed by atoms with Crippen LogP contribution in [0, 0.1) is 0 Å². The maximum Gasteiger partial charge on any atom is 0.256 e. The highest BCUT2D eigenvalue weighted by molar-refractivity contribution is 4.86. The van der Waals surface area contributed by atoms with E-state index < -0.39 is 0 Å². The zero-order valence-electron chi connectivity index (χ0n) is 27.6. The molecule has 0 N–H and O–H groups in total. The van der Waals surface area contributed by atoms with Crippen molar-refractivity contribution in [3.8, 4) is 0 Å². The van der Waals surface area contributed by atoms with Crippen molar-refractivity contribution in [2.75, 3.05) is 0 Å². The van der Waals surface area contributed by atoms with Gasteiger partial charge in [-0.15, -0.1) is 0 Å². The Hall–Kier alpha value is -0.790. The Bertz CT molecular complexity index is 617. The van der Waals surface area contributed by atoms with Gasteiger partial charge in [-0.05, 0) is 33.1 Å². The second-order valence-corrected chi connectivity index (χ2v) is 13.0. The zero-order chi connectivity index (χ0) is 28.2. The van der Waals surface area contributed by atoms with Crippen LogP contribution in [0.2, 0.25) is 0 Å². The molecule has 0 amide bonds. The van der Waals surface area contributed by atoms with Crippen molar-refractivity contribution in [2.45, 2.75) is 220 Å². The first-order valence-electron chi connectivity index (χ1n) is 18.3. The molecule has 0 fully saturated rings. The molecular formula is C37H73N2+. The predicted octanol–water partition coefficient (Wildman–Crippen LogP) is 12.5. The highest BCUT2D eigenvalue weighted by atomic mass is 15.2. The molecule has 1 aromatic heterocycles. The molecule has 0 spiro atoms. The Morgan fingerprint density at radius 2 is 0.821 bits per heavy atom. The molecule has 230 valence electrons. The molecule has 2 heteroatoms. The van der Waals surface area contributed by atoms with Crippen molar-refractivity contribution in [3.05, 3.63) is 18.2 Å². The molecule has 2 nitrogen and oxygen atoms in total. The number of hydrogen-bond acceptors (Lipinski definition) is 0. The molecule has 0 aliphatic rings. The van der Waals surface area contributed by atoms with E-state index in [0.717, 1.165) is 0 Å². The maximum absolute atomic E-state index is 2.58. The molecule has 1 rings (SSSR count). The number of rotatable bonds is 30. The van der Waals surface area contributed by atoms with Crippen LogP contribution < -0.4 is 4.57 Å². The van der Waals surface area contributed by atoms with E-state index in [-0.39, 0.29) is 0 Å². The van der Waals surface area contributed by atoms with Gasteiger partial charge in [0.25, 0.3) is 5.82 Å². The number of imidazole rings is 1. The van der Waals surface area contributed by atoms with Crippen molar-refractivity contribution in [3.63, 3.8) is 0 Å². The highest BCUT2D eigenvalue weighted by Gasteiger charge is 2.18. The molecule has 0 aromatic carbocycles.